The molecule has 0 radical (unpaired) electrons. The third-order valence-corrected chi connectivity index (χ3v) is 3.19. The van der Waals surface area contributed by atoms with Gasteiger partial charge < -0.3 is 4.74 Å². The maximum absolute atomic E-state index is 12.9. The molecular formula is C17H15F3N2O3. The predicted octanol–water partition coefficient (Wildman–Crippen LogP) is 3.18. The second-order valence-electron chi connectivity index (χ2n) is 4.91. The Labute approximate surface area is 141 Å². The standard InChI is InChI=1S/C17H15F3N2O3/c1-2-25-12-9-7-11(8-10-12)15(23)21-22-16(24)13-5-3-4-6-14(13)17(18,19)20/h3-10H,2H2,1H3,(H,21,23)(H,22,24). The van der Waals surface area contributed by atoms with E-state index in [1.807, 2.05) is 12.3 Å². The number of hydrogen-bond acceptors (Lipinski definition) is 3. The Morgan fingerprint density at radius 1 is 0.960 bits per heavy atom. The Hall–Kier alpha value is -3.03. The van der Waals surface area contributed by atoms with Crippen LogP contribution in [0.1, 0.15) is 33.2 Å². The first-order valence-electron chi connectivity index (χ1n) is 7.32. The molecule has 0 bridgehead atoms. The van der Waals surface area contributed by atoms with Gasteiger partial charge in [0.05, 0.1) is 17.7 Å². The highest BCUT2D eigenvalue weighted by Gasteiger charge is 2.34. The molecule has 132 valence electrons. The van der Waals surface area contributed by atoms with E-state index in [1.54, 1.807) is 12.1 Å². The van der Waals surface area contributed by atoms with Gasteiger partial charge in [0.1, 0.15) is 5.75 Å². The van der Waals surface area contributed by atoms with Gasteiger partial charge in [-0.2, -0.15) is 13.2 Å². The van der Waals surface area contributed by atoms with Crippen LogP contribution in [0.2, 0.25) is 0 Å². The molecule has 2 N–H and O–H groups in total. The Bertz CT molecular complexity index is 758. The van der Waals surface area contributed by atoms with E-state index in [-0.39, 0.29) is 5.56 Å². The second kappa shape index (κ2) is 7.69. The first-order valence-corrected chi connectivity index (χ1v) is 7.32. The number of benzene rings is 2. The Balaban J connectivity index is 2.04. The molecule has 2 amide bonds. The molecule has 2 aromatic carbocycles. The van der Waals surface area contributed by atoms with Crippen LogP contribution < -0.4 is 15.6 Å². The summed E-state index contributed by atoms with van der Waals surface area (Å²) in [7, 11) is 0. The molecule has 5 nitrogen and oxygen atoms in total. The van der Waals surface area contributed by atoms with Crippen molar-refractivity contribution in [3.63, 3.8) is 0 Å². The van der Waals surface area contributed by atoms with Crippen LogP contribution >= 0.6 is 0 Å². The van der Waals surface area contributed by atoms with Crippen molar-refractivity contribution in [3.05, 3.63) is 65.2 Å². The summed E-state index contributed by atoms with van der Waals surface area (Å²) in [6, 6.07) is 10.4. The Morgan fingerprint density at radius 2 is 1.56 bits per heavy atom. The molecule has 0 aliphatic carbocycles. The predicted molar refractivity (Wildman–Crippen MR) is 84.0 cm³/mol. The van der Waals surface area contributed by atoms with E-state index < -0.39 is 29.1 Å². The SMILES string of the molecule is CCOc1ccc(C(=O)NNC(=O)c2ccccc2C(F)(F)F)cc1. The van der Waals surface area contributed by atoms with E-state index >= 15 is 0 Å². The summed E-state index contributed by atoms with van der Waals surface area (Å²) in [6.45, 7) is 2.29. The van der Waals surface area contributed by atoms with Gasteiger partial charge in [0.25, 0.3) is 11.8 Å². The topological polar surface area (TPSA) is 67.4 Å². The van der Waals surface area contributed by atoms with Gasteiger partial charge in [-0.05, 0) is 43.3 Å². The van der Waals surface area contributed by atoms with Gasteiger partial charge in [-0.15, -0.1) is 0 Å². The zero-order valence-corrected chi connectivity index (χ0v) is 13.2. The average molecular weight is 352 g/mol. The number of alkyl halides is 3. The van der Waals surface area contributed by atoms with Crippen molar-refractivity contribution in [2.45, 2.75) is 13.1 Å². The fourth-order valence-corrected chi connectivity index (χ4v) is 2.05. The van der Waals surface area contributed by atoms with Gasteiger partial charge in [-0.25, -0.2) is 0 Å². The molecule has 2 rings (SSSR count). The Morgan fingerprint density at radius 3 is 2.16 bits per heavy atom. The van der Waals surface area contributed by atoms with Crippen LogP contribution in [0, 0.1) is 0 Å². The van der Waals surface area contributed by atoms with Gasteiger partial charge in [0, 0.05) is 5.56 Å². The molecule has 0 fully saturated rings. The number of carbonyl (C=O) groups is 2. The molecule has 0 saturated carbocycles. The van der Waals surface area contributed by atoms with Crippen LogP contribution in [0.3, 0.4) is 0 Å². The smallest absolute Gasteiger partial charge is 0.417 e. The van der Waals surface area contributed by atoms with Crippen LogP contribution in [-0.4, -0.2) is 18.4 Å². The summed E-state index contributed by atoms with van der Waals surface area (Å²) in [5.74, 6) is -1.16. The average Bonchev–Trinajstić information content (AvgIpc) is 2.59. The van der Waals surface area contributed by atoms with E-state index in [4.69, 9.17) is 4.74 Å². The lowest BCUT2D eigenvalue weighted by Crippen LogP contribution is -2.42. The summed E-state index contributed by atoms with van der Waals surface area (Å²) in [5.41, 5.74) is 2.61. The number of ether oxygens (including phenoxy) is 1. The minimum Gasteiger partial charge on any atom is -0.494 e. The van der Waals surface area contributed by atoms with Gasteiger partial charge >= 0.3 is 6.18 Å². The normalized spacial score (nSPS) is 10.9. The summed E-state index contributed by atoms with van der Waals surface area (Å²) in [6.07, 6.45) is -4.67. The van der Waals surface area contributed by atoms with Crippen LogP contribution in [0.15, 0.2) is 48.5 Å². The van der Waals surface area contributed by atoms with E-state index in [0.717, 1.165) is 12.1 Å². The van der Waals surface area contributed by atoms with E-state index in [0.29, 0.717) is 12.4 Å². The number of halogens is 3. The number of rotatable bonds is 4. The van der Waals surface area contributed by atoms with Gasteiger partial charge in [-0.1, -0.05) is 12.1 Å². The maximum atomic E-state index is 12.9. The molecule has 0 saturated heterocycles. The fraction of sp³-hybridized carbons (Fsp3) is 0.176. The van der Waals surface area contributed by atoms with Crippen molar-refractivity contribution in [1.82, 2.24) is 10.9 Å². The lowest BCUT2D eigenvalue weighted by molar-refractivity contribution is -0.137. The molecule has 25 heavy (non-hydrogen) atoms. The van der Waals surface area contributed by atoms with Crippen molar-refractivity contribution < 1.29 is 27.5 Å². The third-order valence-electron chi connectivity index (χ3n) is 3.19. The van der Waals surface area contributed by atoms with Crippen molar-refractivity contribution in [3.8, 4) is 5.75 Å². The fourth-order valence-electron chi connectivity index (χ4n) is 2.05. The number of carbonyl (C=O) groups excluding carboxylic acids is 2. The largest absolute Gasteiger partial charge is 0.494 e. The highest BCUT2D eigenvalue weighted by atomic mass is 19.4. The molecule has 0 aliphatic heterocycles. The first kappa shape index (κ1) is 18.3. The van der Waals surface area contributed by atoms with Crippen LogP contribution in [-0.2, 0) is 6.18 Å². The van der Waals surface area contributed by atoms with E-state index in [9.17, 15) is 22.8 Å². The van der Waals surface area contributed by atoms with Crippen molar-refractivity contribution in [2.24, 2.45) is 0 Å². The van der Waals surface area contributed by atoms with E-state index in [2.05, 4.69) is 5.43 Å². The quantitative estimate of drug-likeness (QED) is 0.831. The van der Waals surface area contributed by atoms with Crippen molar-refractivity contribution in [2.75, 3.05) is 6.61 Å². The first-order chi connectivity index (χ1) is 11.8. The highest BCUT2D eigenvalue weighted by Crippen LogP contribution is 2.31. The minimum atomic E-state index is -4.67. The molecule has 0 atom stereocenters. The zero-order valence-electron chi connectivity index (χ0n) is 13.2. The summed E-state index contributed by atoms with van der Waals surface area (Å²) >= 11 is 0. The number of hydrazine groups is 1. The monoisotopic (exact) mass is 352 g/mol. The van der Waals surface area contributed by atoms with Crippen molar-refractivity contribution in [1.29, 1.82) is 0 Å². The van der Waals surface area contributed by atoms with Gasteiger partial charge in [-0.3, -0.25) is 20.4 Å². The molecule has 0 spiro atoms. The van der Waals surface area contributed by atoms with Gasteiger partial charge in [0.2, 0.25) is 0 Å². The van der Waals surface area contributed by atoms with Gasteiger partial charge in [0.15, 0.2) is 0 Å². The summed E-state index contributed by atoms with van der Waals surface area (Å²) < 4.78 is 43.9. The van der Waals surface area contributed by atoms with Crippen LogP contribution in [0.25, 0.3) is 0 Å². The summed E-state index contributed by atoms with van der Waals surface area (Å²) in [4.78, 5) is 23.9. The summed E-state index contributed by atoms with van der Waals surface area (Å²) in [5, 5.41) is 0. The van der Waals surface area contributed by atoms with Crippen molar-refractivity contribution >= 4 is 11.8 Å². The lowest BCUT2D eigenvalue weighted by Gasteiger charge is -2.13. The number of hydrogen-bond donors (Lipinski definition) is 2. The van der Waals surface area contributed by atoms with Crippen LogP contribution in [0.4, 0.5) is 13.2 Å². The molecule has 0 aliphatic rings. The second-order valence-corrected chi connectivity index (χ2v) is 4.91. The number of nitrogens with one attached hydrogen (secondary N) is 2. The number of amides is 2. The Kier molecular flexibility index (Phi) is 5.63. The molecular weight excluding hydrogens is 337 g/mol. The molecule has 0 aromatic heterocycles. The highest BCUT2D eigenvalue weighted by molar-refractivity contribution is 5.99. The molecule has 2 aromatic rings. The molecule has 0 unspecified atom stereocenters. The molecule has 8 heteroatoms. The third kappa shape index (κ3) is 4.72. The van der Waals surface area contributed by atoms with E-state index in [1.165, 1.54) is 24.3 Å². The minimum absolute atomic E-state index is 0.216. The maximum Gasteiger partial charge on any atom is 0.417 e. The zero-order chi connectivity index (χ0) is 18.4. The van der Waals surface area contributed by atoms with Crippen LogP contribution in [0.5, 0.6) is 5.75 Å². The lowest BCUT2D eigenvalue weighted by atomic mass is 10.1. The molecule has 0 heterocycles.